The molecule has 0 aromatic heterocycles. The summed E-state index contributed by atoms with van der Waals surface area (Å²) in [6.07, 6.45) is -0.604. The predicted octanol–water partition coefficient (Wildman–Crippen LogP) is 0.653. The second-order valence-corrected chi connectivity index (χ2v) is 3.74. The summed E-state index contributed by atoms with van der Waals surface area (Å²) >= 11 is 0. The average molecular weight is 225 g/mol. The molecule has 2 N–H and O–H groups in total. The van der Waals surface area contributed by atoms with Gasteiger partial charge in [-0.15, -0.1) is 0 Å². The van der Waals surface area contributed by atoms with Crippen molar-refractivity contribution < 1.29 is 14.9 Å². The predicted molar refractivity (Wildman–Crippen MR) is 62.5 cm³/mol. The molecular formula is C12H19NO3. The van der Waals surface area contributed by atoms with Crippen LogP contribution in [-0.2, 0) is 0 Å². The van der Waals surface area contributed by atoms with E-state index in [1.165, 1.54) is 0 Å². The van der Waals surface area contributed by atoms with Crippen LogP contribution in [0.15, 0.2) is 24.3 Å². The Morgan fingerprint density at radius 2 is 2.06 bits per heavy atom. The lowest BCUT2D eigenvalue weighted by atomic mass is 10.1. The summed E-state index contributed by atoms with van der Waals surface area (Å²) in [5, 5.41) is 18.8. The largest absolute Gasteiger partial charge is 0.496 e. The zero-order valence-electron chi connectivity index (χ0n) is 9.76. The van der Waals surface area contributed by atoms with Gasteiger partial charge in [0.05, 0.1) is 19.8 Å². The van der Waals surface area contributed by atoms with E-state index in [-0.39, 0.29) is 6.61 Å². The second-order valence-electron chi connectivity index (χ2n) is 3.74. The average Bonchev–Trinajstić information content (AvgIpc) is 2.29. The molecule has 0 aliphatic carbocycles. The van der Waals surface area contributed by atoms with Gasteiger partial charge in [-0.3, -0.25) is 0 Å². The van der Waals surface area contributed by atoms with Gasteiger partial charge in [-0.2, -0.15) is 0 Å². The molecule has 1 aromatic rings. The number of methoxy groups -OCH3 is 1. The molecule has 1 rings (SSSR count). The van der Waals surface area contributed by atoms with Gasteiger partial charge in [0, 0.05) is 18.7 Å². The van der Waals surface area contributed by atoms with Gasteiger partial charge in [-0.25, -0.2) is 0 Å². The molecular weight excluding hydrogens is 206 g/mol. The molecule has 4 nitrogen and oxygen atoms in total. The van der Waals surface area contributed by atoms with Gasteiger partial charge in [-0.05, 0) is 13.1 Å². The van der Waals surface area contributed by atoms with E-state index in [2.05, 4.69) is 0 Å². The topological polar surface area (TPSA) is 52.9 Å². The van der Waals surface area contributed by atoms with E-state index in [4.69, 9.17) is 9.84 Å². The minimum Gasteiger partial charge on any atom is -0.496 e. The van der Waals surface area contributed by atoms with Crippen LogP contribution < -0.4 is 4.74 Å². The van der Waals surface area contributed by atoms with Gasteiger partial charge >= 0.3 is 0 Å². The van der Waals surface area contributed by atoms with Crippen molar-refractivity contribution in [2.75, 3.05) is 33.9 Å². The SMILES string of the molecule is COc1ccccc1C(O)CN(C)CCO. The Bertz CT molecular complexity index is 317. The maximum atomic E-state index is 10.0. The third-order valence-electron chi connectivity index (χ3n) is 2.46. The van der Waals surface area contributed by atoms with Crippen LogP contribution in [0.1, 0.15) is 11.7 Å². The zero-order chi connectivity index (χ0) is 12.0. The molecule has 0 radical (unpaired) electrons. The fourth-order valence-corrected chi connectivity index (χ4v) is 1.60. The number of aliphatic hydroxyl groups excluding tert-OH is 2. The Morgan fingerprint density at radius 3 is 2.69 bits per heavy atom. The Hall–Kier alpha value is -1.10. The van der Waals surface area contributed by atoms with Crippen molar-refractivity contribution in [2.45, 2.75) is 6.10 Å². The molecule has 1 atom stereocenters. The number of nitrogens with zero attached hydrogens (tertiary/aromatic N) is 1. The highest BCUT2D eigenvalue weighted by molar-refractivity contribution is 5.35. The third kappa shape index (κ3) is 3.48. The number of ether oxygens (including phenoxy) is 1. The van der Waals surface area contributed by atoms with E-state index in [0.717, 1.165) is 5.56 Å². The van der Waals surface area contributed by atoms with Crippen LogP contribution in [-0.4, -0.2) is 49.0 Å². The van der Waals surface area contributed by atoms with E-state index >= 15 is 0 Å². The Labute approximate surface area is 96.1 Å². The Balaban J connectivity index is 2.68. The van der Waals surface area contributed by atoms with E-state index in [1.54, 1.807) is 7.11 Å². The van der Waals surface area contributed by atoms with Crippen LogP contribution in [0.5, 0.6) is 5.75 Å². The lowest BCUT2D eigenvalue weighted by Crippen LogP contribution is -2.27. The van der Waals surface area contributed by atoms with Crippen molar-refractivity contribution >= 4 is 0 Å². The van der Waals surface area contributed by atoms with Crippen LogP contribution in [0.4, 0.5) is 0 Å². The number of hydrogen-bond donors (Lipinski definition) is 2. The van der Waals surface area contributed by atoms with Crippen molar-refractivity contribution in [3.8, 4) is 5.75 Å². The Morgan fingerprint density at radius 1 is 1.38 bits per heavy atom. The maximum Gasteiger partial charge on any atom is 0.124 e. The molecule has 0 amide bonds. The summed E-state index contributed by atoms with van der Waals surface area (Å²) in [5.41, 5.74) is 0.773. The van der Waals surface area contributed by atoms with Crippen molar-refractivity contribution in [1.82, 2.24) is 4.90 Å². The molecule has 0 aliphatic heterocycles. The fourth-order valence-electron chi connectivity index (χ4n) is 1.60. The van der Waals surface area contributed by atoms with E-state index < -0.39 is 6.10 Å². The molecule has 0 bridgehead atoms. The smallest absolute Gasteiger partial charge is 0.124 e. The summed E-state index contributed by atoms with van der Waals surface area (Å²) in [5.74, 6) is 0.687. The normalized spacial score (nSPS) is 12.8. The van der Waals surface area contributed by atoms with Crippen molar-refractivity contribution in [3.05, 3.63) is 29.8 Å². The van der Waals surface area contributed by atoms with Gasteiger partial charge in [0.2, 0.25) is 0 Å². The summed E-state index contributed by atoms with van der Waals surface area (Å²) in [6, 6.07) is 7.40. The number of hydrogen-bond acceptors (Lipinski definition) is 4. The van der Waals surface area contributed by atoms with Crippen molar-refractivity contribution in [1.29, 1.82) is 0 Å². The summed E-state index contributed by atoms with van der Waals surface area (Å²) in [6.45, 7) is 1.11. The van der Waals surface area contributed by atoms with Crippen LogP contribution in [0, 0.1) is 0 Å². The first-order chi connectivity index (χ1) is 7.69. The lowest BCUT2D eigenvalue weighted by Gasteiger charge is -2.21. The molecule has 90 valence electrons. The van der Waals surface area contributed by atoms with Gasteiger partial charge < -0.3 is 19.8 Å². The van der Waals surface area contributed by atoms with Crippen molar-refractivity contribution in [3.63, 3.8) is 0 Å². The molecule has 1 unspecified atom stereocenters. The summed E-state index contributed by atoms with van der Waals surface area (Å²) in [7, 11) is 3.44. The number of aliphatic hydroxyl groups is 2. The Kier molecular flexibility index (Phi) is 5.25. The molecule has 0 saturated carbocycles. The number of benzene rings is 1. The van der Waals surface area contributed by atoms with E-state index in [0.29, 0.717) is 18.8 Å². The van der Waals surface area contributed by atoms with Crippen LogP contribution in [0.2, 0.25) is 0 Å². The lowest BCUT2D eigenvalue weighted by molar-refractivity contribution is 0.113. The number of para-hydroxylation sites is 1. The molecule has 0 spiro atoms. The number of rotatable bonds is 6. The van der Waals surface area contributed by atoms with Gasteiger partial charge in [0.15, 0.2) is 0 Å². The van der Waals surface area contributed by atoms with Gasteiger partial charge in [-0.1, -0.05) is 18.2 Å². The molecule has 16 heavy (non-hydrogen) atoms. The minimum atomic E-state index is -0.604. The highest BCUT2D eigenvalue weighted by Gasteiger charge is 2.14. The first-order valence-electron chi connectivity index (χ1n) is 5.29. The minimum absolute atomic E-state index is 0.0924. The van der Waals surface area contributed by atoms with Crippen LogP contribution >= 0.6 is 0 Å². The monoisotopic (exact) mass is 225 g/mol. The highest BCUT2D eigenvalue weighted by Crippen LogP contribution is 2.24. The van der Waals surface area contributed by atoms with Gasteiger partial charge in [0.25, 0.3) is 0 Å². The summed E-state index contributed by atoms with van der Waals surface area (Å²) < 4.78 is 5.18. The highest BCUT2D eigenvalue weighted by atomic mass is 16.5. The molecule has 0 fully saturated rings. The first kappa shape index (κ1) is 13.0. The number of likely N-dealkylation sites (N-methyl/N-ethyl adjacent to an activating group) is 1. The van der Waals surface area contributed by atoms with Crippen LogP contribution in [0.3, 0.4) is 0 Å². The molecule has 0 saturated heterocycles. The van der Waals surface area contributed by atoms with E-state index in [1.807, 2.05) is 36.2 Å². The van der Waals surface area contributed by atoms with E-state index in [9.17, 15) is 5.11 Å². The molecule has 0 heterocycles. The quantitative estimate of drug-likeness (QED) is 0.746. The zero-order valence-corrected chi connectivity index (χ0v) is 9.76. The second kappa shape index (κ2) is 6.48. The van der Waals surface area contributed by atoms with Gasteiger partial charge in [0.1, 0.15) is 5.75 Å². The maximum absolute atomic E-state index is 10.0. The standard InChI is InChI=1S/C12H19NO3/c1-13(7-8-14)9-11(15)10-5-3-4-6-12(10)16-2/h3-6,11,14-15H,7-9H2,1-2H3. The fraction of sp³-hybridized carbons (Fsp3) is 0.500. The summed E-state index contributed by atoms with van der Waals surface area (Å²) in [4.78, 5) is 1.87. The molecule has 1 aromatic carbocycles. The third-order valence-corrected chi connectivity index (χ3v) is 2.46. The van der Waals surface area contributed by atoms with Crippen LogP contribution in [0.25, 0.3) is 0 Å². The molecule has 4 heteroatoms. The van der Waals surface area contributed by atoms with Crippen molar-refractivity contribution in [2.24, 2.45) is 0 Å². The molecule has 0 aliphatic rings. The first-order valence-corrected chi connectivity index (χ1v) is 5.29.